The van der Waals surface area contributed by atoms with Crippen LogP contribution < -0.4 is 25.0 Å². The number of methoxy groups -OCH3 is 1. The van der Waals surface area contributed by atoms with E-state index in [2.05, 4.69) is 47.1 Å². The van der Waals surface area contributed by atoms with Crippen molar-refractivity contribution in [2.75, 3.05) is 31.6 Å². The molecule has 5 aliphatic rings. The van der Waals surface area contributed by atoms with E-state index in [9.17, 15) is 19.8 Å². The largest absolute Gasteiger partial charge is 0.486 e. The summed E-state index contributed by atoms with van der Waals surface area (Å²) in [5.74, 6) is 0.0706. The molecule has 432 valence electrons. The highest BCUT2D eigenvalue weighted by Gasteiger charge is 2.45. The molecule has 2 saturated carbocycles. The molecular formula is C62H69FN12O7S. The third-order valence-electron chi connectivity index (χ3n) is 17.7. The monoisotopic (exact) mass is 1140 g/mol. The molecule has 3 aliphatic heterocycles. The number of aryl methyl sites for hydroxylation is 1. The van der Waals surface area contributed by atoms with Crippen LogP contribution in [-0.2, 0) is 20.9 Å². The van der Waals surface area contributed by atoms with Crippen molar-refractivity contribution in [2.24, 2.45) is 5.92 Å². The minimum atomic E-state index is -0.990. The maximum atomic E-state index is 16.2. The Morgan fingerprint density at radius 2 is 1.71 bits per heavy atom. The first-order valence-corrected chi connectivity index (χ1v) is 29.9. The van der Waals surface area contributed by atoms with Crippen LogP contribution in [0.4, 0.5) is 10.2 Å². The van der Waals surface area contributed by atoms with Gasteiger partial charge in [0.1, 0.15) is 47.6 Å². The van der Waals surface area contributed by atoms with Crippen molar-refractivity contribution in [2.45, 2.75) is 147 Å². The molecule has 5 fully saturated rings. The minimum absolute atomic E-state index is 0.0387. The molecular weight excluding hydrogens is 1080 g/mol. The number of hydrogen-bond acceptors (Lipinski definition) is 16. The highest BCUT2D eigenvalue weighted by Crippen LogP contribution is 2.54. The van der Waals surface area contributed by atoms with Gasteiger partial charge >= 0.3 is 6.01 Å². The summed E-state index contributed by atoms with van der Waals surface area (Å²) >= 11 is 1.54. The Balaban J connectivity index is 0.788. The van der Waals surface area contributed by atoms with Crippen LogP contribution >= 0.6 is 11.3 Å². The van der Waals surface area contributed by atoms with Crippen molar-refractivity contribution in [3.63, 3.8) is 0 Å². The third kappa shape index (κ3) is 10.5. The Bertz CT molecular complexity index is 3730. The number of piperazine rings is 1. The molecule has 0 spiro atoms. The summed E-state index contributed by atoms with van der Waals surface area (Å²) in [7, 11) is 1.74. The number of fused-ring (bicyclic) bond motifs is 4. The number of hydrogen-bond donors (Lipinski definition) is 5. The van der Waals surface area contributed by atoms with Crippen molar-refractivity contribution in [3.8, 4) is 44.6 Å². The lowest BCUT2D eigenvalue weighted by molar-refractivity contribution is -0.143. The van der Waals surface area contributed by atoms with Crippen molar-refractivity contribution in [1.29, 1.82) is 0 Å². The van der Waals surface area contributed by atoms with E-state index in [1.807, 2.05) is 76.2 Å². The average molecular weight is 1150 g/mol. The highest BCUT2D eigenvalue weighted by atomic mass is 32.1. The molecule has 2 amide bonds. The first kappa shape index (κ1) is 54.8. The number of rotatable bonds is 18. The molecule has 0 unspecified atom stereocenters. The van der Waals surface area contributed by atoms with Gasteiger partial charge in [0.2, 0.25) is 11.8 Å². The first-order valence-electron chi connectivity index (χ1n) is 29.0. The van der Waals surface area contributed by atoms with Gasteiger partial charge in [-0.05, 0) is 105 Å². The number of aliphatic hydroxyl groups excluding tert-OH is 2. The molecule has 0 radical (unpaired) electrons. The van der Waals surface area contributed by atoms with Crippen LogP contribution in [0.5, 0.6) is 11.8 Å². The van der Waals surface area contributed by atoms with E-state index in [1.165, 1.54) is 15.6 Å². The van der Waals surface area contributed by atoms with E-state index in [4.69, 9.17) is 24.2 Å². The van der Waals surface area contributed by atoms with Gasteiger partial charge in [0.15, 0.2) is 5.75 Å². The van der Waals surface area contributed by atoms with Gasteiger partial charge in [-0.1, -0.05) is 67.6 Å². The Morgan fingerprint density at radius 3 is 2.40 bits per heavy atom. The standard InChI is InChI=1S/C62H69FN12O7S/c1-31(2)56(61(79)74-27-42(77)20-51(74)60(78)67-54(34(5)76)38-13-15-39(16-14-38)58-33(4)65-30-83-58)75-28-50(71-72-75)37-9-7-35(8-10-37)29-81-57-53(52-32(3)48(63)23-49-47(52)25-66-70-49)45(36-11-12-36)22-46-55(57)68-62(82-44-18-17-43(21-44)80-6)69-59(46)73-26-40-19-41(73)24-64-40/h7-10,13-16,22-23,25,28,30-31,34,36,40-44,51,54,56,64,76-77H,11-12,17-21,24,26-27,29H2,1-6H3,(H,66,70)(H,67,78)/t34-,40-,41-,42+,43-,44-,51-,54-,56-/m0/s1. The second-order valence-corrected chi connectivity index (χ2v) is 24.5. The first-order chi connectivity index (χ1) is 40.2. The third-order valence-corrected chi connectivity index (χ3v) is 18.6. The maximum Gasteiger partial charge on any atom is 0.319 e. The molecule has 3 saturated heterocycles. The van der Waals surface area contributed by atoms with E-state index in [1.54, 1.807) is 43.3 Å². The summed E-state index contributed by atoms with van der Waals surface area (Å²) in [6.45, 7) is 10.9. The molecule has 2 aliphatic carbocycles. The number of amides is 2. The molecule has 19 nitrogen and oxygen atoms in total. The Morgan fingerprint density at radius 1 is 0.928 bits per heavy atom. The molecule has 83 heavy (non-hydrogen) atoms. The van der Waals surface area contributed by atoms with Gasteiger partial charge in [0, 0.05) is 79.1 Å². The van der Waals surface area contributed by atoms with Gasteiger partial charge in [-0.2, -0.15) is 15.1 Å². The molecule has 8 aromatic rings. The Labute approximate surface area is 484 Å². The topological polar surface area (TPSA) is 231 Å². The molecule has 4 aromatic heterocycles. The fourth-order valence-electron chi connectivity index (χ4n) is 13.1. The quantitative estimate of drug-likeness (QED) is 0.0541. The second kappa shape index (κ2) is 22.3. The van der Waals surface area contributed by atoms with E-state index in [0.717, 1.165) is 107 Å². The summed E-state index contributed by atoms with van der Waals surface area (Å²) in [6.07, 6.45) is 7.01. The molecule has 2 bridgehead atoms. The summed E-state index contributed by atoms with van der Waals surface area (Å²) in [5, 5.41) is 46.6. The number of ether oxygens (including phenoxy) is 3. The Kier molecular flexibility index (Phi) is 14.7. The number of carbonyl (C=O) groups is 2. The molecule has 13 rings (SSSR count). The molecule has 21 heteroatoms. The smallest absolute Gasteiger partial charge is 0.319 e. The normalized spacial score (nSPS) is 22.5. The van der Waals surface area contributed by atoms with Crippen molar-refractivity contribution in [1.82, 2.24) is 55.7 Å². The van der Waals surface area contributed by atoms with E-state index < -0.39 is 36.2 Å². The van der Waals surface area contributed by atoms with Crippen LogP contribution in [0.3, 0.4) is 0 Å². The zero-order valence-corrected chi connectivity index (χ0v) is 48.2. The molecule has 7 heterocycles. The number of thiazole rings is 1. The average Bonchev–Trinajstić information content (AvgIpc) is 3.02. The fraction of sp³-hybridized carbons (Fsp3) is 0.452. The Hall–Kier alpha value is -7.43. The fourth-order valence-corrected chi connectivity index (χ4v) is 13.9. The number of anilines is 1. The van der Waals surface area contributed by atoms with E-state index in [-0.39, 0.29) is 67.4 Å². The van der Waals surface area contributed by atoms with Crippen molar-refractivity contribution >= 4 is 50.8 Å². The van der Waals surface area contributed by atoms with Gasteiger partial charge in [-0.3, -0.25) is 14.7 Å². The van der Waals surface area contributed by atoms with Crippen LogP contribution in [0.1, 0.15) is 112 Å². The number of H-pyrrole nitrogens is 1. The summed E-state index contributed by atoms with van der Waals surface area (Å²) in [4.78, 5) is 48.6. The minimum Gasteiger partial charge on any atom is -0.486 e. The molecule has 5 N–H and O–H groups in total. The summed E-state index contributed by atoms with van der Waals surface area (Å²) in [6, 6.07) is 17.4. The lowest BCUT2D eigenvalue weighted by Crippen LogP contribution is -2.50. The number of aromatic nitrogens is 8. The van der Waals surface area contributed by atoms with Crippen molar-refractivity contribution in [3.05, 3.63) is 112 Å². The van der Waals surface area contributed by atoms with Gasteiger partial charge in [-0.25, -0.2) is 14.1 Å². The number of nitrogens with zero attached hydrogens (tertiary/aromatic N) is 9. The van der Waals surface area contributed by atoms with E-state index in [0.29, 0.717) is 45.2 Å². The number of carbonyl (C=O) groups excluding carboxylic acids is 2. The van der Waals surface area contributed by atoms with Crippen molar-refractivity contribution < 1.29 is 38.4 Å². The number of aromatic amines is 1. The lowest BCUT2D eigenvalue weighted by Gasteiger charge is -2.31. The lowest BCUT2D eigenvalue weighted by atomic mass is 9.88. The summed E-state index contributed by atoms with van der Waals surface area (Å²) < 4.78 is 37.3. The van der Waals surface area contributed by atoms with Gasteiger partial charge in [0.05, 0.1) is 58.3 Å². The number of nitrogens with one attached hydrogen (secondary N) is 3. The van der Waals surface area contributed by atoms with E-state index >= 15 is 4.39 Å². The number of likely N-dealkylation sites (tertiary alicyclic amines) is 1. The van der Waals surface area contributed by atoms with Gasteiger partial charge < -0.3 is 44.9 Å². The maximum absolute atomic E-state index is 16.2. The van der Waals surface area contributed by atoms with Crippen LogP contribution in [0, 0.1) is 25.6 Å². The predicted octanol–water partition coefficient (Wildman–Crippen LogP) is 8.66. The van der Waals surface area contributed by atoms with Gasteiger partial charge in [0.25, 0.3) is 0 Å². The second-order valence-electron chi connectivity index (χ2n) is 23.7. The highest BCUT2D eigenvalue weighted by molar-refractivity contribution is 7.13. The molecule has 9 atom stereocenters. The number of aliphatic hydroxyl groups is 2. The van der Waals surface area contributed by atoms with Gasteiger partial charge in [-0.15, -0.1) is 16.4 Å². The number of halogens is 1. The predicted molar refractivity (Wildman–Crippen MR) is 313 cm³/mol. The van der Waals surface area contributed by atoms with Crippen LogP contribution in [0.15, 0.2) is 78.6 Å². The SMILES string of the molecule is CO[C@H]1CC[C@H](Oc2nc(N3C[C@@H]4C[C@H]3CN4)c3cc(C4CC4)c(-c4c(C)c(F)cc5[nH]ncc45)c(OCc4ccc(-c5cn([C@H](C(=O)N6C[C@H](O)C[C@H]6C(=O)N[C@H](c6ccc(-c7scnc7C)cc6)[C@H](C)O)C(C)C)nn5)cc4)c3n2)C1. The zero-order chi connectivity index (χ0) is 57.4. The number of β-amino-alcohol motifs (C(OH)–C–C–N with tert-alkyl or cyclic N) is 1. The van der Waals surface area contributed by atoms with Crippen LogP contribution in [0.2, 0.25) is 0 Å². The van der Waals surface area contributed by atoms with Crippen LogP contribution in [0.25, 0.3) is 54.6 Å². The summed E-state index contributed by atoms with van der Waals surface area (Å²) in [5.41, 5.74) is 10.7. The molecule has 4 aromatic carbocycles. The number of benzene rings is 4. The zero-order valence-electron chi connectivity index (χ0n) is 47.4. The van der Waals surface area contributed by atoms with Crippen LogP contribution in [-0.4, -0.2) is 136 Å².